The van der Waals surface area contributed by atoms with Crippen molar-refractivity contribution in [2.45, 2.75) is 32.9 Å². The molecule has 1 atom stereocenters. The second kappa shape index (κ2) is 8.66. The van der Waals surface area contributed by atoms with Crippen molar-refractivity contribution >= 4 is 5.91 Å². The minimum atomic E-state index is -0.224. The Morgan fingerprint density at radius 1 is 1.19 bits per heavy atom. The Balaban J connectivity index is 1.60. The van der Waals surface area contributed by atoms with E-state index in [9.17, 15) is 4.79 Å². The van der Waals surface area contributed by atoms with Crippen molar-refractivity contribution in [3.8, 4) is 23.0 Å². The van der Waals surface area contributed by atoms with Gasteiger partial charge in [-0.2, -0.15) is 0 Å². The van der Waals surface area contributed by atoms with Crippen LogP contribution in [0.3, 0.4) is 0 Å². The Hall–Kier alpha value is -2.89. The van der Waals surface area contributed by atoms with Crippen LogP contribution in [0.4, 0.5) is 0 Å². The molecule has 0 aromatic heterocycles. The van der Waals surface area contributed by atoms with E-state index in [2.05, 4.69) is 5.32 Å². The van der Waals surface area contributed by atoms with Crippen LogP contribution in [0.25, 0.3) is 0 Å². The Morgan fingerprint density at radius 3 is 2.70 bits per heavy atom. The molecule has 6 heteroatoms. The lowest BCUT2D eigenvalue weighted by Crippen LogP contribution is -2.28. The van der Waals surface area contributed by atoms with E-state index in [1.807, 2.05) is 38.1 Å². The van der Waals surface area contributed by atoms with Gasteiger partial charge in [0.2, 0.25) is 0 Å². The van der Waals surface area contributed by atoms with Gasteiger partial charge in [0, 0.05) is 24.1 Å². The number of carbonyl (C=O) groups is 1. The summed E-state index contributed by atoms with van der Waals surface area (Å²) < 4.78 is 22.3. The second-order valence-corrected chi connectivity index (χ2v) is 6.35. The standard InChI is InChI=1S/C21H25NO5/c1-4-25-19-10-15-9-14(2)27-20(15)11-16(19)12-22-21(23)13-26-18-8-6-5-7-17(18)24-3/h5-8,10-11,14H,4,9,12-13H2,1-3H3,(H,22,23). The van der Waals surface area contributed by atoms with Crippen LogP contribution >= 0.6 is 0 Å². The highest BCUT2D eigenvalue weighted by Crippen LogP contribution is 2.35. The fourth-order valence-corrected chi connectivity index (χ4v) is 3.04. The van der Waals surface area contributed by atoms with E-state index in [1.54, 1.807) is 19.2 Å². The van der Waals surface area contributed by atoms with Gasteiger partial charge in [-0.25, -0.2) is 0 Å². The number of amides is 1. The van der Waals surface area contributed by atoms with E-state index in [1.165, 1.54) is 0 Å². The summed E-state index contributed by atoms with van der Waals surface area (Å²) in [6.07, 6.45) is 1.03. The van der Waals surface area contributed by atoms with Gasteiger partial charge in [0.1, 0.15) is 17.6 Å². The number of fused-ring (bicyclic) bond motifs is 1. The number of carbonyl (C=O) groups excluding carboxylic acids is 1. The van der Waals surface area contributed by atoms with Crippen molar-refractivity contribution in [2.75, 3.05) is 20.3 Å². The molecule has 2 aromatic rings. The van der Waals surface area contributed by atoms with Crippen molar-refractivity contribution in [1.29, 1.82) is 0 Å². The summed E-state index contributed by atoms with van der Waals surface area (Å²) >= 11 is 0. The molecule has 1 amide bonds. The average Bonchev–Trinajstić information content (AvgIpc) is 3.03. The highest BCUT2D eigenvalue weighted by Gasteiger charge is 2.22. The summed E-state index contributed by atoms with van der Waals surface area (Å²) in [7, 11) is 1.56. The van der Waals surface area contributed by atoms with Crippen LogP contribution in [0.1, 0.15) is 25.0 Å². The van der Waals surface area contributed by atoms with Crippen LogP contribution in [0.2, 0.25) is 0 Å². The first-order valence-corrected chi connectivity index (χ1v) is 9.08. The fraction of sp³-hybridized carbons (Fsp3) is 0.381. The van der Waals surface area contributed by atoms with E-state index >= 15 is 0 Å². The fourth-order valence-electron chi connectivity index (χ4n) is 3.04. The van der Waals surface area contributed by atoms with Crippen LogP contribution in [-0.2, 0) is 17.8 Å². The Morgan fingerprint density at radius 2 is 1.96 bits per heavy atom. The monoisotopic (exact) mass is 371 g/mol. The van der Waals surface area contributed by atoms with Gasteiger partial charge in [-0.1, -0.05) is 12.1 Å². The molecular weight excluding hydrogens is 346 g/mol. The minimum absolute atomic E-state index is 0.0944. The molecule has 1 N–H and O–H groups in total. The maximum absolute atomic E-state index is 12.2. The predicted octanol–water partition coefficient (Wildman–Crippen LogP) is 3.11. The molecule has 0 bridgehead atoms. The maximum atomic E-state index is 12.2. The van der Waals surface area contributed by atoms with Crippen LogP contribution in [0.15, 0.2) is 36.4 Å². The average molecular weight is 371 g/mol. The molecule has 1 heterocycles. The number of nitrogens with one attached hydrogen (secondary N) is 1. The quantitative estimate of drug-likeness (QED) is 0.772. The Kier molecular flexibility index (Phi) is 6.06. The summed E-state index contributed by atoms with van der Waals surface area (Å²) in [5.74, 6) is 2.54. The molecule has 0 fully saturated rings. The van der Waals surface area contributed by atoms with Gasteiger partial charge in [0.15, 0.2) is 18.1 Å². The largest absolute Gasteiger partial charge is 0.494 e. The lowest BCUT2D eigenvalue weighted by atomic mass is 10.1. The number of hydrogen-bond acceptors (Lipinski definition) is 5. The molecular formula is C21H25NO5. The molecule has 0 saturated heterocycles. The van der Waals surface area contributed by atoms with Crippen molar-refractivity contribution in [2.24, 2.45) is 0 Å². The van der Waals surface area contributed by atoms with Crippen LogP contribution in [0, 0.1) is 0 Å². The Labute approximate surface area is 159 Å². The molecule has 144 valence electrons. The van der Waals surface area contributed by atoms with Gasteiger partial charge < -0.3 is 24.3 Å². The second-order valence-electron chi connectivity index (χ2n) is 6.35. The molecule has 2 aromatic carbocycles. The molecule has 0 radical (unpaired) electrons. The van der Waals surface area contributed by atoms with Gasteiger partial charge in [0.25, 0.3) is 5.91 Å². The lowest BCUT2D eigenvalue weighted by molar-refractivity contribution is -0.123. The molecule has 27 heavy (non-hydrogen) atoms. The number of hydrogen-bond donors (Lipinski definition) is 1. The van der Waals surface area contributed by atoms with Crippen molar-refractivity contribution in [3.63, 3.8) is 0 Å². The van der Waals surface area contributed by atoms with E-state index in [0.29, 0.717) is 24.7 Å². The highest BCUT2D eigenvalue weighted by molar-refractivity contribution is 5.77. The smallest absolute Gasteiger partial charge is 0.258 e. The van der Waals surface area contributed by atoms with Gasteiger partial charge >= 0.3 is 0 Å². The first-order chi connectivity index (χ1) is 13.1. The first kappa shape index (κ1) is 18.9. The van der Waals surface area contributed by atoms with E-state index < -0.39 is 0 Å². The summed E-state index contributed by atoms with van der Waals surface area (Å²) in [4.78, 5) is 12.2. The number of benzene rings is 2. The summed E-state index contributed by atoms with van der Waals surface area (Å²) in [6, 6.07) is 11.2. The molecule has 0 spiro atoms. The van der Waals surface area contributed by atoms with Crippen molar-refractivity contribution in [1.82, 2.24) is 5.32 Å². The number of methoxy groups -OCH3 is 1. The molecule has 1 aliphatic heterocycles. The lowest BCUT2D eigenvalue weighted by Gasteiger charge is -2.14. The van der Waals surface area contributed by atoms with Crippen LogP contribution in [-0.4, -0.2) is 32.3 Å². The van der Waals surface area contributed by atoms with E-state index in [-0.39, 0.29) is 18.6 Å². The normalized spacial score (nSPS) is 14.9. The third-order valence-corrected chi connectivity index (χ3v) is 4.28. The topological polar surface area (TPSA) is 66.0 Å². The zero-order valence-corrected chi connectivity index (χ0v) is 15.9. The molecule has 1 unspecified atom stereocenters. The predicted molar refractivity (Wildman–Crippen MR) is 102 cm³/mol. The van der Waals surface area contributed by atoms with Gasteiger partial charge in [0.05, 0.1) is 13.7 Å². The van der Waals surface area contributed by atoms with Crippen LogP contribution in [0.5, 0.6) is 23.0 Å². The summed E-state index contributed by atoms with van der Waals surface area (Å²) in [5, 5.41) is 2.87. The van der Waals surface area contributed by atoms with Gasteiger partial charge in [-0.15, -0.1) is 0 Å². The number of ether oxygens (including phenoxy) is 4. The first-order valence-electron chi connectivity index (χ1n) is 9.08. The number of rotatable bonds is 8. The maximum Gasteiger partial charge on any atom is 0.258 e. The van der Waals surface area contributed by atoms with Crippen molar-refractivity contribution in [3.05, 3.63) is 47.5 Å². The Bertz CT molecular complexity index is 805. The molecule has 1 aliphatic rings. The van der Waals surface area contributed by atoms with Gasteiger partial charge in [-0.3, -0.25) is 4.79 Å². The third-order valence-electron chi connectivity index (χ3n) is 4.28. The molecule has 6 nitrogen and oxygen atoms in total. The minimum Gasteiger partial charge on any atom is -0.494 e. The SMILES string of the molecule is CCOc1cc2c(cc1CNC(=O)COc1ccccc1OC)OC(C)C2. The highest BCUT2D eigenvalue weighted by atomic mass is 16.5. The van der Waals surface area contributed by atoms with Crippen LogP contribution < -0.4 is 24.3 Å². The molecule has 3 rings (SSSR count). The van der Waals surface area contributed by atoms with Gasteiger partial charge in [-0.05, 0) is 38.1 Å². The van der Waals surface area contributed by atoms with Crippen molar-refractivity contribution < 1.29 is 23.7 Å². The molecule has 0 aliphatic carbocycles. The zero-order chi connectivity index (χ0) is 19.2. The summed E-state index contributed by atoms with van der Waals surface area (Å²) in [5.41, 5.74) is 2.02. The number of para-hydroxylation sites is 2. The van der Waals surface area contributed by atoms with E-state index in [4.69, 9.17) is 18.9 Å². The third kappa shape index (κ3) is 4.64. The zero-order valence-electron chi connectivity index (χ0n) is 15.9. The molecule has 0 saturated carbocycles. The summed E-state index contributed by atoms with van der Waals surface area (Å²) in [6.45, 7) is 4.79. The van der Waals surface area contributed by atoms with E-state index in [0.717, 1.165) is 29.0 Å².